The van der Waals surface area contributed by atoms with Gasteiger partial charge in [-0.25, -0.2) is 0 Å². The third-order valence-electron chi connectivity index (χ3n) is 3.02. The number of carbonyl (C=O) groups excluding carboxylic acids is 1. The van der Waals surface area contributed by atoms with Gasteiger partial charge in [-0.3, -0.25) is 9.48 Å². The minimum absolute atomic E-state index is 0.0146. The average Bonchev–Trinajstić information content (AvgIpc) is 2.87. The Kier molecular flexibility index (Phi) is 2.38. The summed E-state index contributed by atoms with van der Waals surface area (Å²) < 4.78 is 29.2. The zero-order valence-electron chi connectivity index (χ0n) is 10.0. The van der Waals surface area contributed by atoms with Crippen LogP contribution in [0.15, 0.2) is 30.5 Å². The molecule has 1 aromatic heterocycles. The van der Waals surface area contributed by atoms with E-state index in [1.54, 1.807) is 19.3 Å². The standard InChI is InChI=1S/C12H10F2N4O/c1-17-6-8(15-16-17)7-18-10-5-3-2-4-9(10)12(13,14)11(18)19/h2-6H,7H2,1H3. The molecular weight excluding hydrogens is 254 g/mol. The molecule has 1 aromatic carbocycles. The number of hydrogen-bond acceptors (Lipinski definition) is 3. The van der Waals surface area contributed by atoms with E-state index < -0.39 is 11.8 Å². The smallest absolute Gasteiger partial charge is 0.300 e. The number of nitrogens with zero attached hydrogens (tertiary/aromatic N) is 4. The summed E-state index contributed by atoms with van der Waals surface area (Å²) in [6.07, 6.45) is 1.59. The highest BCUT2D eigenvalue weighted by Crippen LogP contribution is 2.44. The maximum absolute atomic E-state index is 13.9. The van der Waals surface area contributed by atoms with Crippen molar-refractivity contribution in [1.82, 2.24) is 15.0 Å². The molecule has 0 aliphatic carbocycles. The van der Waals surface area contributed by atoms with Gasteiger partial charge in [0.1, 0.15) is 5.69 Å². The number of amides is 1. The van der Waals surface area contributed by atoms with Crippen LogP contribution in [0, 0.1) is 0 Å². The predicted octanol–water partition coefficient (Wildman–Crippen LogP) is 1.45. The number of aryl methyl sites for hydroxylation is 1. The second-order valence-corrected chi connectivity index (χ2v) is 4.37. The molecule has 0 unspecified atom stereocenters. The van der Waals surface area contributed by atoms with Crippen LogP contribution in [0.25, 0.3) is 0 Å². The summed E-state index contributed by atoms with van der Waals surface area (Å²) >= 11 is 0. The van der Waals surface area contributed by atoms with Gasteiger partial charge >= 0.3 is 11.8 Å². The molecule has 0 saturated heterocycles. The van der Waals surface area contributed by atoms with E-state index in [0.29, 0.717) is 5.69 Å². The van der Waals surface area contributed by atoms with Gasteiger partial charge in [-0.15, -0.1) is 5.10 Å². The Hall–Kier alpha value is -2.31. The lowest BCUT2D eigenvalue weighted by Gasteiger charge is -2.15. The van der Waals surface area contributed by atoms with Crippen LogP contribution >= 0.6 is 0 Å². The van der Waals surface area contributed by atoms with Crippen LogP contribution in [0.5, 0.6) is 0 Å². The highest BCUT2D eigenvalue weighted by molar-refractivity contribution is 6.05. The molecule has 0 fully saturated rings. The number of hydrogen-bond donors (Lipinski definition) is 0. The van der Waals surface area contributed by atoms with Crippen LogP contribution in [0.1, 0.15) is 11.3 Å². The molecule has 98 valence electrons. The topological polar surface area (TPSA) is 51.0 Å². The zero-order valence-corrected chi connectivity index (χ0v) is 10.0. The Bertz CT molecular complexity index is 653. The molecule has 0 N–H and O–H groups in total. The molecule has 0 atom stereocenters. The fourth-order valence-corrected chi connectivity index (χ4v) is 2.16. The Labute approximate surface area is 107 Å². The van der Waals surface area contributed by atoms with Crippen molar-refractivity contribution in [2.75, 3.05) is 4.90 Å². The molecule has 7 heteroatoms. The van der Waals surface area contributed by atoms with E-state index in [1.807, 2.05) is 0 Å². The minimum Gasteiger partial charge on any atom is -0.300 e. The summed E-state index contributed by atoms with van der Waals surface area (Å²) in [4.78, 5) is 12.9. The first-order valence-corrected chi connectivity index (χ1v) is 5.64. The van der Waals surface area contributed by atoms with Crippen LogP contribution in [-0.4, -0.2) is 20.9 Å². The molecule has 0 saturated carbocycles. The Balaban J connectivity index is 2.01. The molecule has 3 rings (SSSR count). The molecule has 0 radical (unpaired) electrons. The number of anilines is 1. The summed E-state index contributed by atoms with van der Waals surface area (Å²) in [5, 5.41) is 7.53. The monoisotopic (exact) mass is 264 g/mol. The van der Waals surface area contributed by atoms with Crippen LogP contribution in [-0.2, 0) is 24.3 Å². The molecule has 2 heterocycles. The van der Waals surface area contributed by atoms with Gasteiger partial charge < -0.3 is 4.90 Å². The number of carbonyl (C=O) groups is 1. The first-order chi connectivity index (χ1) is 9.00. The number of aromatic nitrogens is 3. The van der Waals surface area contributed by atoms with Crippen molar-refractivity contribution in [1.29, 1.82) is 0 Å². The average molecular weight is 264 g/mol. The maximum atomic E-state index is 13.9. The van der Waals surface area contributed by atoms with E-state index >= 15 is 0 Å². The van der Waals surface area contributed by atoms with E-state index in [4.69, 9.17) is 0 Å². The molecule has 0 bridgehead atoms. The summed E-state index contributed by atoms with van der Waals surface area (Å²) in [5.41, 5.74) is 0.426. The minimum atomic E-state index is -3.47. The van der Waals surface area contributed by atoms with Crippen molar-refractivity contribution in [3.8, 4) is 0 Å². The lowest BCUT2D eigenvalue weighted by atomic mass is 10.1. The third kappa shape index (κ3) is 1.69. The van der Waals surface area contributed by atoms with Crippen molar-refractivity contribution in [2.24, 2.45) is 7.05 Å². The molecule has 1 amide bonds. The molecule has 5 nitrogen and oxygen atoms in total. The van der Waals surface area contributed by atoms with E-state index in [9.17, 15) is 13.6 Å². The molecular formula is C12H10F2N4O. The van der Waals surface area contributed by atoms with E-state index in [-0.39, 0.29) is 17.8 Å². The summed E-state index contributed by atoms with van der Waals surface area (Å²) in [5.74, 6) is -4.70. The quantitative estimate of drug-likeness (QED) is 0.825. The largest absolute Gasteiger partial charge is 0.352 e. The highest BCUT2D eigenvalue weighted by atomic mass is 19.3. The van der Waals surface area contributed by atoms with Crippen molar-refractivity contribution in [3.05, 3.63) is 41.7 Å². The van der Waals surface area contributed by atoms with Gasteiger partial charge in [0.05, 0.1) is 17.8 Å². The second kappa shape index (κ2) is 3.84. The van der Waals surface area contributed by atoms with Gasteiger partial charge in [0.15, 0.2) is 0 Å². The van der Waals surface area contributed by atoms with Gasteiger partial charge in [0.2, 0.25) is 0 Å². The molecule has 1 aliphatic rings. The zero-order chi connectivity index (χ0) is 13.6. The van der Waals surface area contributed by atoms with E-state index in [2.05, 4.69) is 10.3 Å². The normalized spacial score (nSPS) is 16.8. The number of benzene rings is 1. The number of rotatable bonds is 2. The fourth-order valence-electron chi connectivity index (χ4n) is 2.16. The number of alkyl halides is 2. The van der Waals surface area contributed by atoms with Gasteiger partial charge in [0, 0.05) is 13.2 Å². The van der Waals surface area contributed by atoms with Crippen LogP contribution in [0.2, 0.25) is 0 Å². The maximum Gasteiger partial charge on any atom is 0.352 e. The lowest BCUT2D eigenvalue weighted by molar-refractivity contribution is -0.141. The first-order valence-electron chi connectivity index (χ1n) is 5.64. The second-order valence-electron chi connectivity index (χ2n) is 4.37. The fraction of sp³-hybridized carbons (Fsp3) is 0.250. The summed E-state index contributed by atoms with van der Waals surface area (Å²) in [6.45, 7) is -0.0146. The van der Waals surface area contributed by atoms with Gasteiger partial charge in [0.25, 0.3) is 0 Å². The number of fused-ring (bicyclic) bond motifs is 1. The molecule has 1 aliphatic heterocycles. The number of para-hydroxylation sites is 1. The van der Waals surface area contributed by atoms with Crippen LogP contribution in [0.4, 0.5) is 14.5 Å². The van der Waals surface area contributed by atoms with Gasteiger partial charge in [-0.1, -0.05) is 23.4 Å². The van der Waals surface area contributed by atoms with E-state index in [0.717, 1.165) is 4.90 Å². The van der Waals surface area contributed by atoms with Gasteiger partial charge in [-0.2, -0.15) is 8.78 Å². The molecule has 0 spiro atoms. The van der Waals surface area contributed by atoms with Gasteiger partial charge in [-0.05, 0) is 6.07 Å². The number of halogens is 2. The molecule has 2 aromatic rings. The Morgan fingerprint density at radius 1 is 1.32 bits per heavy atom. The Morgan fingerprint density at radius 2 is 2.05 bits per heavy atom. The van der Waals surface area contributed by atoms with Crippen LogP contribution < -0.4 is 4.90 Å². The lowest BCUT2D eigenvalue weighted by Crippen LogP contribution is -2.34. The van der Waals surface area contributed by atoms with E-state index in [1.165, 1.54) is 22.9 Å². The third-order valence-corrected chi connectivity index (χ3v) is 3.02. The van der Waals surface area contributed by atoms with Crippen molar-refractivity contribution < 1.29 is 13.6 Å². The SMILES string of the molecule is Cn1cc(CN2C(=O)C(F)(F)c3ccccc32)nn1. The first kappa shape index (κ1) is 11.8. The summed E-state index contributed by atoms with van der Waals surface area (Å²) in [7, 11) is 1.67. The molecule has 19 heavy (non-hydrogen) atoms. The van der Waals surface area contributed by atoms with Crippen LogP contribution in [0.3, 0.4) is 0 Å². The van der Waals surface area contributed by atoms with Crippen molar-refractivity contribution >= 4 is 11.6 Å². The predicted molar refractivity (Wildman–Crippen MR) is 62.5 cm³/mol. The van der Waals surface area contributed by atoms with Crippen molar-refractivity contribution in [2.45, 2.75) is 12.5 Å². The Morgan fingerprint density at radius 3 is 2.74 bits per heavy atom. The van der Waals surface area contributed by atoms with Crippen molar-refractivity contribution in [3.63, 3.8) is 0 Å². The summed E-state index contributed by atoms with van der Waals surface area (Å²) in [6, 6.07) is 5.89. The highest BCUT2D eigenvalue weighted by Gasteiger charge is 2.52.